The standard InChI is InChI=1S/C26H33N3O6/c1-4-20-12-19(3)13-22(14-20)34-17-25(30)28-27-16-21-6-7-23(24(15-21)33-5-2)35-18-26(31)29-8-10-32-11-9-29/h6-7,12-16H,4-5,8-11,17-18H2,1-3H3,(H,28,30)/b27-16+. The van der Waals surface area contributed by atoms with Crippen LogP contribution in [0.1, 0.15) is 30.5 Å². The van der Waals surface area contributed by atoms with E-state index in [0.29, 0.717) is 55.7 Å². The zero-order chi connectivity index (χ0) is 25.0. The predicted molar refractivity (Wildman–Crippen MR) is 132 cm³/mol. The van der Waals surface area contributed by atoms with Crippen molar-refractivity contribution in [2.24, 2.45) is 5.10 Å². The maximum absolute atomic E-state index is 12.3. The summed E-state index contributed by atoms with van der Waals surface area (Å²) in [6.07, 6.45) is 2.40. The van der Waals surface area contributed by atoms with Crippen molar-refractivity contribution in [1.82, 2.24) is 10.3 Å². The molecule has 0 bridgehead atoms. The zero-order valence-corrected chi connectivity index (χ0v) is 20.5. The lowest BCUT2D eigenvalue weighted by atomic mass is 10.1. The number of nitrogens with one attached hydrogen (secondary N) is 1. The minimum absolute atomic E-state index is 0.0791. The van der Waals surface area contributed by atoms with Crippen molar-refractivity contribution in [1.29, 1.82) is 0 Å². The molecule has 1 heterocycles. The summed E-state index contributed by atoms with van der Waals surface area (Å²) in [7, 11) is 0. The monoisotopic (exact) mass is 483 g/mol. The van der Waals surface area contributed by atoms with Crippen molar-refractivity contribution in [3.05, 3.63) is 53.1 Å². The molecule has 2 aromatic rings. The molecule has 188 valence electrons. The van der Waals surface area contributed by atoms with Crippen LogP contribution in [0.2, 0.25) is 0 Å². The first-order valence-electron chi connectivity index (χ1n) is 11.8. The van der Waals surface area contributed by atoms with E-state index in [4.69, 9.17) is 18.9 Å². The molecule has 0 radical (unpaired) electrons. The van der Waals surface area contributed by atoms with Crippen molar-refractivity contribution in [3.8, 4) is 17.2 Å². The number of carbonyl (C=O) groups is 2. The van der Waals surface area contributed by atoms with Gasteiger partial charge in [0.2, 0.25) is 0 Å². The van der Waals surface area contributed by atoms with Gasteiger partial charge < -0.3 is 23.8 Å². The van der Waals surface area contributed by atoms with Crippen LogP contribution in [0.5, 0.6) is 17.2 Å². The summed E-state index contributed by atoms with van der Waals surface area (Å²) in [5, 5.41) is 4.00. The molecule has 1 N–H and O–H groups in total. The van der Waals surface area contributed by atoms with Crippen LogP contribution in [-0.4, -0.2) is 69.1 Å². The van der Waals surface area contributed by atoms with Crippen LogP contribution in [0, 0.1) is 6.92 Å². The molecule has 1 aliphatic rings. The van der Waals surface area contributed by atoms with E-state index in [0.717, 1.165) is 17.5 Å². The quantitative estimate of drug-likeness (QED) is 0.390. The van der Waals surface area contributed by atoms with Crippen molar-refractivity contribution >= 4 is 18.0 Å². The maximum Gasteiger partial charge on any atom is 0.277 e. The Labute approximate surface area is 206 Å². The largest absolute Gasteiger partial charge is 0.490 e. The number of carbonyl (C=O) groups excluding carboxylic acids is 2. The molecule has 0 spiro atoms. The molecule has 2 amide bonds. The minimum Gasteiger partial charge on any atom is -0.490 e. The highest BCUT2D eigenvalue weighted by Crippen LogP contribution is 2.28. The third kappa shape index (κ3) is 8.29. The van der Waals surface area contributed by atoms with Gasteiger partial charge in [-0.25, -0.2) is 5.43 Å². The number of hydrazone groups is 1. The fourth-order valence-corrected chi connectivity index (χ4v) is 3.51. The normalized spacial score (nSPS) is 13.5. The number of morpholine rings is 1. The molecule has 0 aliphatic carbocycles. The van der Waals surface area contributed by atoms with Gasteiger partial charge in [-0.05, 0) is 67.3 Å². The summed E-state index contributed by atoms with van der Waals surface area (Å²) in [4.78, 5) is 26.2. The van der Waals surface area contributed by atoms with Crippen LogP contribution in [0.4, 0.5) is 0 Å². The summed E-state index contributed by atoms with van der Waals surface area (Å²) in [5.41, 5.74) is 5.40. The van der Waals surface area contributed by atoms with Crippen LogP contribution in [0.25, 0.3) is 0 Å². The first-order chi connectivity index (χ1) is 17.0. The number of benzene rings is 2. The fourth-order valence-electron chi connectivity index (χ4n) is 3.51. The van der Waals surface area contributed by atoms with Crippen molar-refractivity contribution in [3.63, 3.8) is 0 Å². The highest BCUT2D eigenvalue weighted by molar-refractivity contribution is 5.84. The minimum atomic E-state index is -0.368. The van der Waals surface area contributed by atoms with Crippen LogP contribution in [0.15, 0.2) is 41.5 Å². The lowest BCUT2D eigenvalue weighted by Gasteiger charge is -2.26. The van der Waals surface area contributed by atoms with Crippen molar-refractivity contribution in [2.75, 3.05) is 46.1 Å². The molecule has 1 saturated heterocycles. The number of hydrogen-bond donors (Lipinski definition) is 1. The first-order valence-corrected chi connectivity index (χ1v) is 11.8. The second kappa shape index (κ2) is 13.3. The van der Waals surface area contributed by atoms with Crippen LogP contribution in [-0.2, 0) is 20.7 Å². The van der Waals surface area contributed by atoms with Crippen LogP contribution in [0.3, 0.4) is 0 Å². The molecule has 1 aliphatic heterocycles. The maximum atomic E-state index is 12.3. The van der Waals surface area contributed by atoms with Gasteiger partial charge in [-0.15, -0.1) is 0 Å². The van der Waals surface area contributed by atoms with Gasteiger partial charge in [-0.2, -0.15) is 5.10 Å². The van der Waals surface area contributed by atoms with Gasteiger partial charge in [0.05, 0.1) is 26.0 Å². The summed E-state index contributed by atoms with van der Waals surface area (Å²) in [5.74, 6) is 1.15. The summed E-state index contributed by atoms with van der Waals surface area (Å²) >= 11 is 0. The summed E-state index contributed by atoms with van der Waals surface area (Å²) < 4.78 is 22.2. The molecule has 1 fully saturated rings. The molecule has 3 rings (SSSR count). The van der Waals surface area contributed by atoms with Crippen LogP contribution >= 0.6 is 0 Å². The average molecular weight is 484 g/mol. The van der Waals surface area contributed by atoms with E-state index in [-0.39, 0.29) is 25.0 Å². The second-order valence-electron chi connectivity index (χ2n) is 8.01. The number of nitrogens with zero attached hydrogens (tertiary/aromatic N) is 2. The topological polar surface area (TPSA) is 98.7 Å². The van der Waals surface area contributed by atoms with Crippen molar-refractivity contribution < 1.29 is 28.5 Å². The van der Waals surface area contributed by atoms with Gasteiger partial charge in [-0.1, -0.05) is 13.0 Å². The molecule has 0 atom stereocenters. The van der Waals surface area contributed by atoms with Gasteiger partial charge in [-0.3, -0.25) is 9.59 Å². The summed E-state index contributed by atoms with van der Waals surface area (Å²) in [6.45, 7) is 8.35. The lowest BCUT2D eigenvalue weighted by Crippen LogP contribution is -2.43. The molecule has 35 heavy (non-hydrogen) atoms. The third-order valence-electron chi connectivity index (χ3n) is 5.27. The Morgan fingerprint density at radius 3 is 2.57 bits per heavy atom. The molecule has 9 nitrogen and oxygen atoms in total. The molecule has 9 heteroatoms. The SMILES string of the molecule is CCOc1cc(/C=N/NC(=O)COc2cc(C)cc(CC)c2)ccc1OCC(=O)N1CCOCC1. The lowest BCUT2D eigenvalue weighted by molar-refractivity contribution is -0.137. The number of hydrogen-bond acceptors (Lipinski definition) is 7. The third-order valence-corrected chi connectivity index (χ3v) is 5.27. The van der Waals surface area contributed by atoms with Gasteiger partial charge in [0.25, 0.3) is 11.8 Å². The molecule has 0 aromatic heterocycles. The number of amides is 2. The zero-order valence-electron chi connectivity index (χ0n) is 20.5. The molecular formula is C26H33N3O6. The molecule has 0 saturated carbocycles. The molecule has 2 aromatic carbocycles. The van der Waals surface area contributed by atoms with Gasteiger partial charge in [0.15, 0.2) is 24.7 Å². The summed E-state index contributed by atoms with van der Waals surface area (Å²) in [6, 6.07) is 11.1. The first kappa shape index (κ1) is 26.0. The number of rotatable bonds is 11. The Bertz CT molecular complexity index is 1030. The van der Waals surface area contributed by atoms with Crippen molar-refractivity contribution in [2.45, 2.75) is 27.2 Å². The van der Waals surface area contributed by atoms with E-state index in [1.165, 1.54) is 6.21 Å². The van der Waals surface area contributed by atoms with E-state index >= 15 is 0 Å². The Morgan fingerprint density at radius 2 is 1.83 bits per heavy atom. The highest BCUT2D eigenvalue weighted by atomic mass is 16.5. The Balaban J connectivity index is 1.52. The fraction of sp³-hybridized carbons (Fsp3) is 0.423. The molecule has 0 unspecified atom stereocenters. The van der Waals surface area contributed by atoms with Gasteiger partial charge in [0, 0.05) is 13.1 Å². The predicted octanol–water partition coefficient (Wildman–Crippen LogP) is 2.72. The Kier molecular flexibility index (Phi) is 9.92. The highest BCUT2D eigenvalue weighted by Gasteiger charge is 2.18. The van der Waals surface area contributed by atoms with Gasteiger partial charge >= 0.3 is 0 Å². The van der Waals surface area contributed by atoms with E-state index in [2.05, 4.69) is 23.5 Å². The van der Waals surface area contributed by atoms with Crippen LogP contribution < -0.4 is 19.6 Å². The number of ether oxygens (including phenoxy) is 4. The Morgan fingerprint density at radius 1 is 1.03 bits per heavy atom. The number of aryl methyl sites for hydroxylation is 2. The van der Waals surface area contributed by atoms with E-state index in [9.17, 15) is 9.59 Å². The second-order valence-corrected chi connectivity index (χ2v) is 8.01. The molecular weight excluding hydrogens is 450 g/mol. The van der Waals surface area contributed by atoms with E-state index in [1.807, 2.05) is 26.0 Å². The average Bonchev–Trinajstić information content (AvgIpc) is 2.87. The van der Waals surface area contributed by atoms with E-state index < -0.39 is 0 Å². The smallest absolute Gasteiger partial charge is 0.277 e. The van der Waals surface area contributed by atoms with E-state index in [1.54, 1.807) is 23.1 Å². The van der Waals surface area contributed by atoms with Gasteiger partial charge in [0.1, 0.15) is 5.75 Å². The Hall–Kier alpha value is -3.59.